The minimum atomic E-state index is -0.559. The first-order chi connectivity index (χ1) is 13.5. The first-order valence-electron chi connectivity index (χ1n) is 8.84. The van der Waals surface area contributed by atoms with Gasteiger partial charge in [0.05, 0.1) is 24.9 Å². The number of anilines is 1. The smallest absolute Gasteiger partial charge is 0.340 e. The lowest BCUT2D eigenvalue weighted by molar-refractivity contribution is -0.138. The van der Waals surface area contributed by atoms with Crippen LogP contribution in [0, 0.1) is 0 Å². The molecular formula is C22H21NO5. The van der Waals surface area contributed by atoms with Crippen molar-refractivity contribution in [1.29, 1.82) is 0 Å². The largest absolute Gasteiger partial charge is 0.508 e. The quantitative estimate of drug-likeness (QED) is 0.634. The Kier molecular flexibility index (Phi) is 5.49. The Balaban J connectivity index is 2.10. The molecule has 0 saturated carbocycles. The lowest BCUT2D eigenvalue weighted by Gasteiger charge is -2.18. The third kappa shape index (κ3) is 3.62. The molecule has 3 rings (SSSR count). The van der Waals surface area contributed by atoms with Crippen molar-refractivity contribution in [2.45, 2.75) is 13.8 Å². The Labute approximate surface area is 163 Å². The van der Waals surface area contributed by atoms with Gasteiger partial charge >= 0.3 is 5.97 Å². The van der Waals surface area contributed by atoms with Crippen LogP contribution < -0.4 is 9.64 Å². The Morgan fingerprint density at radius 1 is 1.18 bits per heavy atom. The fraction of sp³-hybridized carbons (Fsp3) is 0.182. The molecule has 1 N–H and O–H groups in total. The highest BCUT2D eigenvalue weighted by Crippen LogP contribution is 2.36. The summed E-state index contributed by atoms with van der Waals surface area (Å²) in [6, 6.07) is 13.5. The number of hydrogen-bond donors (Lipinski definition) is 1. The average Bonchev–Trinajstić information content (AvgIpc) is 2.92. The normalized spacial score (nSPS) is 15.3. The van der Waals surface area contributed by atoms with Gasteiger partial charge in [0.1, 0.15) is 11.5 Å². The summed E-state index contributed by atoms with van der Waals surface area (Å²) in [5.74, 6) is -0.159. The van der Waals surface area contributed by atoms with Gasteiger partial charge in [-0.05, 0) is 61.9 Å². The summed E-state index contributed by atoms with van der Waals surface area (Å²) < 4.78 is 10.3. The van der Waals surface area contributed by atoms with E-state index < -0.39 is 5.97 Å². The summed E-state index contributed by atoms with van der Waals surface area (Å²) in [4.78, 5) is 27.2. The topological polar surface area (TPSA) is 76.1 Å². The van der Waals surface area contributed by atoms with Crippen LogP contribution in [0.15, 0.2) is 65.4 Å². The Hall–Kier alpha value is -3.54. The van der Waals surface area contributed by atoms with Gasteiger partial charge in [-0.25, -0.2) is 4.79 Å². The molecule has 1 aliphatic rings. The molecule has 1 heterocycles. The molecule has 0 radical (unpaired) electrons. The number of phenolic OH excluding ortho intramolecular Hbond substituents is 1. The third-order valence-electron chi connectivity index (χ3n) is 4.39. The Morgan fingerprint density at radius 2 is 1.89 bits per heavy atom. The second-order valence-electron chi connectivity index (χ2n) is 6.17. The molecule has 0 unspecified atom stereocenters. The molecule has 28 heavy (non-hydrogen) atoms. The molecule has 0 atom stereocenters. The van der Waals surface area contributed by atoms with Crippen molar-refractivity contribution in [3.63, 3.8) is 0 Å². The first-order valence-corrected chi connectivity index (χ1v) is 8.84. The molecule has 0 saturated heterocycles. The molecule has 1 aliphatic heterocycles. The van der Waals surface area contributed by atoms with E-state index in [1.165, 1.54) is 17.0 Å². The third-order valence-corrected chi connectivity index (χ3v) is 4.39. The van der Waals surface area contributed by atoms with Crippen LogP contribution in [0.4, 0.5) is 5.69 Å². The number of esters is 1. The molecule has 1 amide bonds. The summed E-state index contributed by atoms with van der Waals surface area (Å²) in [6.45, 7) is 3.62. The molecule has 6 nitrogen and oxygen atoms in total. The second kappa shape index (κ2) is 8.00. The van der Waals surface area contributed by atoms with Gasteiger partial charge in [-0.2, -0.15) is 0 Å². The summed E-state index contributed by atoms with van der Waals surface area (Å²) in [6.07, 6.45) is 1.58. The van der Waals surface area contributed by atoms with Gasteiger partial charge in [-0.15, -0.1) is 0 Å². The maximum atomic E-state index is 13.2. The monoisotopic (exact) mass is 379 g/mol. The predicted molar refractivity (Wildman–Crippen MR) is 106 cm³/mol. The number of amides is 1. The minimum Gasteiger partial charge on any atom is -0.508 e. The molecule has 144 valence electrons. The van der Waals surface area contributed by atoms with E-state index >= 15 is 0 Å². The van der Waals surface area contributed by atoms with Crippen molar-refractivity contribution in [3.05, 3.63) is 70.9 Å². The number of rotatable bonds is 5. The number of phenols is 1. The van der Waals surface area contributed by atoms with Gasteiger partial charge in [0.2, 0.25) is 0 Å². The van der Waals surface area contributed by atoms with E-state index in [4.69, 9.17) is 9.47 Å². The number of benzene rings is 2. The first kappa shape index (κ1) is 19.2. The fourth-order valence-corrected chi connectivity index (χ4v) is 3.10. The number of carbonyl (C=O) groups is 2. The van der Waals surface area contributed by atoms with Gasteiger partial charge in [0.25, 0.3) is 5.91 Å². The van der Waals surface area contributed by atoms with E-state index in [0.717, 1.165) is 0 Å². The van der Waals surface area contributed by atoms with E-state index in [1.807, 2.05) is 0 Å². The van der Waals surface area contributed by atoms with Crippen molar-refractivity contribution < 1.29 is 24.2 Å². The van der Waals surface area contributed by atoms with Crippen LogP contribution in [0.25, 0.3) is 6.08 Å². The van der Waals surface area contributed by atoms with Crippen LogP contribution >= 0.6 is 0 Å². The number of methoxy groups -OCH3 is 1. The van der Waals surface area contributed by atoms with Crippen LogP contribution in [-0.4, -0.2) is 30.7 Å². The number of carbonyl (C=O) groups excluding carboxylic acids is 2. The average molecular weight is 379 g/mol. The number of ether oxygens (including phenoxy) is 2. The van der Waals surface area contributed by atoms with Crippen molar-refractivity contribution in [1.82, 2.24) is 0 Å². The standard InChI is InChI=1S/C22H21NO5/c1-4-28-22(26)20-14(2)23(16-8-10-18(27-3)11-9-16)21(25)19(20)13-15-6-5-7-17(24)12-15/h5-13,24H,4H2,1-3H3/b19-13-. The maximum absolute atomic E-state index is 13.2. The molecule has 0 bridgehead atoms. The lowest BCUT2D eigenvalue weighted by atomic mass is 10.0. The zero-order valence-corrected chi connectivity index (χ0v) is 15.9. The highest BCUT2D eigenvalue weighted by molar-refractivity contribution is 6.23. The number of aromatic hydroxyl groups is 1. The molecule has 0 aromatic heterocycles. The molecule has 2 aromatic carbocycles. The highest BCUT2D eigenvalue weighted by atomic mass is 16.5. The van der Waals surface area contributed by atoms with Gasteiger partial charge in [0, 0.05) is 11.4 Å². The van der Waals surface area contributed by atoms with E-state index in [1.54, 1.807) is 63.4 Å². The lowest BCUT2D eigenvalue weighted by Crippen LogP contribution is -2.24. The van der Waals surface area contributed by atoms with Crippen LogP contribution in [0.3, 0.4) is 0 Å². The van der Waals surface area contributed by atoms with Gasteiger partial charge in [-0.3, -0.25) is 9.69 Å². The molecule has 0 aliphatic carbocycles. The fourth-order valence-electron chi connectivity index (χ4n) is 3.10. The molecule has 6 heteroatoms. The van der Waals surface area contributed by atoms with E-state index in [0.29, 0.717) is 22.7 Å². The summed E-state index contributed by atoms with van der Waals surface area (Å²) >= 11 is 0. The summed E-state index contributed by atoms with van der Waals surface area (Å²) in [5.41, 5.74) is 2.14. The van der Waals surface area contributed by atoms with Gasteiger partial charge in [-0.1, -0.05) is 12.1 Å². The van der Waals surface area contributed by atoms with Crippen molar-refractivity contribution in [2.24, 2.45) is 0 Å². The van der Waals surface area contributed by atoms with E-state index in [2.05, 4.69) is 0 Å². The SMILES string of the molecule is CCOC(=O)C1=C(C)N(c2ccc(OC)cc2)C(=O)/C1=C\c1cccc(O)c1. The van der Waals surface area contributed by atoms with E-state index in [9.17, 15) is 14.7 Å². The predicted octanol–water partition coefficient (Wildman–Crippen LogP) is 3.67. The van der Waals surface area contributed by atoms with Crippen molar-refractivity contribution in [2.75, 3.05) is 18.6 Å². The Bertz CT molecular complexity index is 973. The molecule has 0 spiro atoms. The summed E-state index contributed by atoms with van der Waals surface area (Å²) in [5, 5.41) is 9.70. The van der Waals surface area contributed by atoms with Gasteiger partial charge < -0.3 is 14.6 Å². The zero-order valence-electron chi connectivity index (χ0n) is 15.9. The number of nitrogens with zero attached hydrogens (tertiary/aromatic N) is 1. The molecule has 0 fully saturated rings. The second-order valence-corrected chi connectivity index (χ2v) is 6.17. The van der Waals surface area contributed by atoms with Gasteiger partial charge in [0.15, 0.2) is 0 Å². The van der Waals surface area contributed by atoms with E-state index in [-0.39, 0.29) is 29.4 Å². The van der Waals surface area contributed by atoms with Crippen LogP contribution in [0.1, 0.15) is 19.4 Å². The zero-order chi connectivity index (χ0) is 20.3. The Morgan fingerprint density at radius 3 is 2.50 bits per heavy atom. The summed E-state index contributed by atoms with van der Waals surface area (Å²) in [7, 11) is 1.57. The van der Waals surface area contributed by atoms with Crippen molar-refractivity contribution >= 4 is 23.6 Å². The highest BCUT2D eigenvalue weighted by Gasteiger charge is 2.38. The maximum Gasteiger partial charge on any atom is 0.340 e. The van der Waals surface area contributed by atoms with Crippen molar-refractivity contribution in [3.8, 4) is 11.5 Å². The number of hydrogen-bond acceptors (Lipinski definition) is 5. The van der Waals surface area contributed by atoms with Crippen LogP contribution in [-0.2, 0) is 14.3 Å². The molecular weight excluding hydrogens is 358 g/mol. The van der Waals surface area contributed by atoms with Crippen LogP contribution in [0.2, 0.25) is 0 Å². The number of allylic oxidation sites excluding steroid dienone is 1. The van der Waals surface area contributed by atoms with Crippen LogP contribution in [0.5, 0.6) is 11.5 Å². The molecule has 2 aromatic rings. The minimum absolute atomic E-state index is 0.0743.